The zero-order valence-corrected chi connectivity index (χ0v) is 12.5. The third-order valence-electron chi connectivity index (χ3n) is 5.98. The van der Waals surface area contributed by atoms with Crippen molar-refractivity contribution >= 4 is 0 Å². The van der Waals surface area contributed by atoms with Crippen molar-refractivity contribution in [2.45, 2.75) is 77.7 Å². The van der Waals surface area contributed by atoms with E-state index in [0.29, 0.717) is 17.9 Å². The second-order valence-corrected chi connectivity index (χ2v) is 7.74. The summed E-state index contributed by atoms with van der Waals surface area (Å²) in [6.45, 7) is 7.57. The van der Waals surface area contributed by atoms with Crippen molar-refractivity contribution in [1.82, 2.24) is 0 Å². The van der Waals surface area contributed by atoms with Crippen molar-refractivity contribution < 1.29 is 5.11 Å². The van der Waals surface area contributed by atoms with Gasteiger partial charge < -0.3 is 10.8 Å². The fraction of sp³-hybridized carbons (Fsp3) is 1.00. The summed E-state index contributed by atoms with van der Waals surface area (Å²) in [6, 6.07) is 0. The maximum atomic E-state index is 11.4. The molecule has 2 saturated carbocycles. The second kappa shape index (κ2) is 4.79. The van der Waals surface area contributed by atoms with Crippen LogP contribution in [0.25, 0.3) is 0 Å². The fourth-order valence-corrected chi connectivity index (χ4v) is 4.71. The predicted octanol–water partition coefficient (Wildman–Crippen LogP) is 3.47. The summed E-state index contributed by atoms with van der Waals surface area (Å²) < 4.78 is 0. The van der Waals surface area contributed by atoms with Gasteiger partial charge in [0.05, 0.1) is 5.60 Å². The van der Waals surface area contributed by atoms with E-state index in [4.69, 9.17) is 5.73 Å². The molecular weight excluding hydrogens is 222 g/mol. The van der Waals surface area contributed by atoms with Crippen molar-refractivity contribution in [2.75, 3.05) is 6.54 Å². The Labute approximate surface area is 112 Å². The third kappa shape index (κ3) is 2.22. The Kier molecular flexibility index (Phi) is 3.81. The van der Waals surface area contributed by atoms with Gasteiger partial charge in [-0.15, -0.1) is 0 Å². The molecule has 2 unspecified atom stereocenters. The molecule has 2 nitrogen and oxygen atoms in total. The third-order valence-corrected chi connectivity index (χ3v) is 5.98. The molecule has 3 N–H and O–H groups in total. The van der Waals surface area contributed by atoms with Gasteiger partial charge in [0.15, 0.2) is 0 Å². The first-order chi connectivity index (χ1) is 8.35. The van der Waals surface area contributed by atoms with E-state index < -0.39 is 5.60 Å². The van der Waals surface area contributed by atoms with Crippen LogP contribution in [0.5, 0.6) is 0 Å². The minimum absolute atomic E-state index is 0.00116. The van der Waals surface area contributed by atoms with Crippen molar-refractivity contribution in [3.05, 3.63) is 0 Å². The van der Waals surface area contributed by atoms with Gasteiger partial charge in [0.25, 0.3) is 0 Å². The molecule has 0 aromatic rings. The summed E-state index contributed by atoms with van der Waals surface area (Å²) >= 11 is 0. The van der Waals surface area contributed by atoms with Gasteiger partial charge in [-0.2, -0.15) is 0 Å². The van der Waals surface area contributed by atoms with Gasteiger partial charge in [-0.3, -0.25) is 0 Å². The van der Waals surface area contributed by atoms with Crippen LogP contribution in [0.4, 0.5) is 0 Å². The molecule has 2 aliphatic carbocycles. The lowest BCUT2D eigenvalue weighted by molar-refractivity contribution is -0.169. The molecule has 2 atom stereocenters. The predicted molar refractivity (Wildman–Crippen MR) is 76.3 cm³/mol. The summed E-state index contributed by atoms with van der Waals surface area (Å²) in [5, 5.41) is 11.4. The molecular formula is C16H31NO. The minimum atomic E-state index is -0.516. The van der Waals surface area contributed by atoms with Crippen LogP contribution in [-0.4, -0.2) is 17.3 Å². The van der Waals surface area contributed by atoms with Crippen molar-refractivity contribution in [3.8, 4) is 0 Å². The SMILES string of the molecule is CC1CC(C)(C)CCC1(O)C1(CN)CCCCC1. The van der Waals surface area contributed by atoms with Crippen LogP contribution in [0, 0.1) is 16.7 Å². The van der Waals surface area contributed by atoms with Gasteiger partial charge in [0.2, 0.25) is 0 Å². The standard InChI is InChI=1S/C16H31NO/c1-13-11-14(2,3)9-10-16(13,18)15(12-17)7-5-4-6-8-15/h13,18H,4-12,17H2,1-3H3. The molecule has 18 heavy (non-hydrogen) atoms. The van der Waals surface area contributed by atoms with Gasteiger partial charge in [-0.05, 0) is 43.4 Å². The Balaban J connectivity index is 2.23. The molecule has 0 aliphatic heterocycles. The Morgan fingerprint density at radius 2 is 1.67 bits per heavy atom. The summed E-state index contributed by atoms with van der Waals surface area (Å²) in [4.78, 5) is 0. The normalized spacial score (nSPS) is 39.5. The highest BCUT2D eigenvalue weighted by molar-refractivity contribution is 5.07. The molecule has 2 fully saturated rings. The number of nitrogens with two attached hydrogens (primary N) is 1. The first-order valence-corrected chi connectivity index (χ1v) is 7.78. The van der Waals surface area contributed by atoms with E-state index in [1.807, 2.05) is 0 Å². The van der Waals surface area contributed by atoms with Crippen LogP contribution in [0.3, 0.4) is 0 Å². The van der Waals surface area contributed by atoms with Crippen LogP contribution < -0.4 is 5.73 Å². The number of rotatable bonds is 2. The van der Waals surface area contributed by atoms with Crippen molar-refractivity contribution in [1.29, 1.82) is 0 Å². The van der Waals surface area contributed by atoms with Gasteiger partial charge in [0.1, 0.15) is 0 Å². The molecule has 0 bridgehead atoms. The van der Waals surface area contributed by atoms with E-state index in [-0.39, 0.29) is 5.41 Å². The smallest absolute Gasteiger partial charge is 0.0741 e. The van der Waals surface area contributed by atoms with Crippen LogP contribution in [-0.2, 0) is 0 Å². The molecule has 0 radical (unpaired) electrons. The zero-order chi connectivity index (χ0) is 13.4. The zero-order valence-electron chi connectivity index (χ0n) is 12.5. The highest BCUT2D eigenvalue weighted by Gasteiger charge is 2.55. The van der Waals surface area contributed by atoms with E-state index in [1.54, 1.807) is 0 Å². The Morgan fingerprint density at radius 3 is 2.17 bits per heavy atom. The number of hydrogen-bond acceptors (Lipinski definition) is 2. The van der Waals surface area contributed by atoms with Crippen LogP contribution >= 0.6 is 0 Å². The van der Waals surface area contributed by atoms with Gasteiger partial charge >= 0.3 is 0 Å². The Hall–Kier alpha value is -0.0800. The molecule has 0 saturated heterocycles. The molecule has 0 amide bonds. The van der Waals surface area contributed by atoms with Crippen LogP contribution in [0.1, 0.15) is 72.1 Å². The van der Waals surface area contributed by atoms with Gasteiger partial charge in [0, 0.05) is 12.0 Å². The van der Waals surface area contributed by atoms with E-state index in [1.165, 1.54) is 19.3 Å². The molecule has 0 heterocycles. The second-order valence-electron chi connectivity index (χ2n) is 7.74. The maximum absolute atomic E-state index is 11.4. The first-order valence-electron chi connectivity index (χ1n) is 7.78. The molecule has 106 valence electrons. The average Bonchev–Trinajstić information content (AvgIpc) is 2.35. The van der Waals surface area contributed by atoms with Crippen LogP contribution in [0.2, 0.25) is 0 Å². The van der Waals surface area contributed by atoms with E-state index in [9.17, 15) is 5.11 Å². The summed E-state index contributed by atoms with van der Waals surface area (Å²) in [6.07, 6.45) is 9.28. The van der Waals surface area contributed by atoms with Gasteiger partial charge in [-0.25, -0.2) is 0 Å². The molecule has 0 aromatic carbocycles. The lowest BCUT2D eigenvalue weighted by atomic mass is 9.52. The molecule has 0 aromatic heterocycles. The van der Waals surface area contributed by atoms with Gasteiger partial charge in [-0.1, -0.05) is 40.0 Å². The molecule has 2 aliphatic rings. The minimum Gasteiger partial charge on any atom is -0.389 e. The summed E-state index contributed by atoms with van der Waals surface area (Å²) in [5.41, 5.74) is 5.99. The van der Waals surface area contributed by atoms with E-state index in [2.05, 4.69) is 20.8 Å². The monoisotopic (exact) mass is 253 g/mol. The molecule has 2 heteroatoms. The van der Waals surface area contributed by atoms with E-state index >= 15 is 0 Å². The quantitative estimate of drug-likeness (QED) is 0.791. The number of hydrogen-bond donors (Lipinski definition) is 2. The lowest BCUT2D eigenvalue weighted by Gasteiger charge is -2.56. The Bertz CT molecular complexity index is 293. The fourth-order valence-electron chi connectivity index (χ4n) is 4.71. The highest BCUT2D eigenvalue weighted by Crippen LogP contribution is 2.55. The van der Waals surface area contributed by atoms with E-state index in [0.717, 1.165) is 32.1 Å². The summed E-state index contributed by atoms with van der Waals surface area (Å²) in [5.74, 6) is 0.378. The maximum Gasteiger partial charge on any atom is 0.0741 e. The van der Waals surface area contributed by atoms with Crippen molar-refractivity contribution in [3.63, 3.8) is 0 Å². The van der Waals surface area contributed by atoms with Crippen LogP contribution in [0.15, 0.2) is 0 Å². The molecule has 0 spiro atoms. The summed E-state index contributed by atoms with van der Waals surface area (Å²) in [7, 11) is 0. The topological polar surface area (TPSA) is 46.2 Å². The largest absolute Gasteiger partial charge is 0.389 e. The first kappa shape index (κ1) is 14.3. The van der Waals surface area contributed by atoms with Crippen molar-refractivity contribution in [2.24, 2.45) is 22.5 Å². The Morgan fingerprint density at radius 1 is 1.06 bits per heavy atom. The number of aliphatic hydroxyl groups is 1. The lowest BCUT2D eigenvalue weighted by Crippen LogP contribution is -2.59. The average molecular weight is 253 g/mol. The highest BCUT2D eigenvalue weighted by atomic mass is 16.3. The molecule has 2 rings (SSSR count).